The van der Waals surface area contributed by atoms with Crippen LogP contribution in [-0.2, 0) is 22.4 Å². The average molecular weight is 328 g/mol. The van der Waals surface area contributed by atoms with Gasteiger partial charge in [-0.25, -0.2) is 0 Å². The zero-order valence-corrected chi connectivity index (χ0v) is 12.4. The van der Waals surface area contributed by atoms with Crippen LogP contribution in [0.3, 0.4) is 0 Å². The molecule has 1 unspecified atom stereocenters. The molecule has 1 aromatic rings. The van der Waals surface area contributed by atoms with Crippen LogP contribution in [0.15, 0.2) is 16.6 Å². The first-order valence-corrected chi connectivity index (χ1v) is 7.46. The van der Waals surface area contributed by atoms with E-state index in [9.17, 15) is 0 Å². The van der Waals surface area contributed by atoms with Gasteiger partial charge in [-0.2, -0.15) is 0 Å². The zero-order chi connectivity index (χ0) is 13.1. The lowest BCUT2D eigenvalue weighted by Crippen LogP contribution is -2.37. The van der Waals surface area contributed by atoms with Crippen molar-refractivity contribution >= 4 is 15.9 Å². The molecule has 1 atom stereocenters. The Bertz CT molecular complexity index is 447. The van der Waals surface area contributed by atoms with Crippen molar-refractivity contribution in [3.63, 3.8) is 0 Å². The average Bonchev–Trinajstić information content (AvgIpc) is 2.88. The highest BCUT2D eigenvalue weighted by Gasteiger charge is 2.18. The maximum Gasteiger partial charge on any atom is 0.127 e. The summed E-state index contributed by atoms with van der Waals surface area (Å²) in [6, 6.07) is 4.26. The molecule has 0 spiro atoms. The van der Waals surface area contributed by atoms with E-state index in [0.717, 1.165) is 36.3 Å². The number of hydrogen-bond donors (Lipinski definition) is 1. The van der Waals surface area contributed by atoms with E-state index in [1.807, 2.05) is 0 Å². The molecule has 1 saturated heterocycles. The molecule has 2 heterocycles. The van der Waals surface area contributed by atoms with E-state index in [-0.39, 0.29) is 6.10 Å². The van der Waals surface area contributed by atoms with Crippen LogP contribution in [0.2, 0.25) is 0 Å². The molecule has 2 aliphatic heterocycles. The number of halogens is 1. The SMILES string of the molecule is Brc1cc2c(c(CNCC3COCCO3)c1)OCC2. The Labute approximate surface area is 121 Å². The van der Waals surface area contributed by atoms with E-state index in [0.29, 0.717) is 19.8 Å². The predicted octanol–water partition coefficient (Wildman–Crippen LogP) is 1.89. The number of nitrogens with one attached hydrogen (secondary N) is 1. The minimum atomic E-state index is 0.162. The topological polar surface area (TPSA) is 39.7 Å². The molecule has 0 aromatic heterocycles. The van der Waals surface area contributed by atoms with E-state index in [1.54, 1.807) is 0 Å². The van der Waals surface area contributed by atoms with Crippen molar-refractivity contribution in [2.45, 2.75) is 19.1 Å². The first-order valence-electron chi connectivity index (χ1n) is 6.67. The number of ether oxygens (including phenoxy) is 3. The summed E-state index contributed by atoms with van der Waals surface area (Å²) in [7, 11) is 0. The molecule has 1 aromatic carbocycles. The highest BCUT2D eigenvalue weighted by atomic mass is 79.9. The van der Waals surface area contributed by atoms with Gasteiger partial charge in [-0.15, -0.1) is 0 Å². The molecule has 0 amide bonds. The summed E-state index contributed by atoms with van der Waals surface area (Å²) in [5, 5.41) is 3.42. The Morgan fingerprint density at radius 1 is 1.26 bits per heavy atom. The number of rotatable bonds is 4. The van der Waals surface area contributed by atoms with Gasteiger partial charge in [0.2, 0.25) is 0 Å². The molecule has 19 heavy (non-hydrogen) atoms. The van der Waals surface area contributed by atoms with Gasteiger partial charge in [0, 0.05) is 29.5 Å². The molecular formula is C14H18BrNO3. The highest BCUT2D eigenvalue weighted by Crippen LogP contribution is 2.32. The van der Waals surface area contributed by atoms with E-state index >= 15 is 0 Å². The second kappa shape index (κ2) is 6.22. The van der Waals surface area contributed by atoms with Gasteiger partial charge in [0.15, 0.2) is 0 Å². The van der Waals surface area contributed by atoms with Gasteiger partial charge in [0.1, 0.15) is 5.75 Å². The van der Waals surface area contributed by atoms with E-state index in [1.165, 1.54) is 11.1 Å². The maximum atomic E-state index is 5.71. The Morgan fingerprint density at radius 3 is 3.05 bits per heavy atom. The maximum absolute atomic E-state index is 5.71. The minimum Gasteiger partial charge on any atom is -0.493 e. The first-order chi connectivity index (χ1) is 9.33. The van der Waals surface area contributed by atoms with Crippen LogP contribution in [-0.4, -0.2) is 39.1 Å². The molecule has 0 bridgehead atoms. The summed E-state index contributed by atoms with van der Waals surface area (Å²) in [4.78, 5) is 0. The van der Waals surface area contributed by atoms with Crippen molar-refractivity contribution in [1.29, 1.82) is 0 Å². The second-order valence-electron chi connectivity index (χ2n) is 4.85. The molecule has 1 N–H and O–H groups in total. The third kappa shape index (κ3) is 3.28. The van der Waals surface area contributed by atoms with Crippen molar-refractivity contribution in [1.82, 2.24) is 5.32 Å². The monoisotopic (exact) mass is 327 g/mol. The van der Waals surface area contributed by atoms with Gasteiger partial charge in [-0.1, -0.05) is 15.9 Å². The fraction of sp³-hybridized carbons (Fsp3) is 0.571. The molecule has 3 rings (SSSR count). The Balaban J connectivity index is 1.57. The molecule has 2 aliphatic rings. The predicted molar refractivity (Wildman–Crippen MR) is 75.6 cm³/mol. The van der Waals surface area contributed by atoms with Crippen molar-refractivity contribution in [2.24, 2.45) is 0 Å². The molecule has 104 valence electrons. The molecule has 0 saturated carbocycles. The van der Waals surface area contributed by atoms with Gasteiger partial charge >= 0.3 is 0 Å². The van der Waals surface area contributed by atoms with E-state index < -0.39 is 0 Å². The second-order valence-corrected chi connectivity index (χ2v) is 5.77. The van der Waals surface area contributed by atoms with Gasteiger partial charge in [0.25, 0.3) is 0 Å². The van der Waals surface area contributed by atoms with Gasteiger partial charge in [0.05, 0.1) is 32.5 Å². The molecule has 0 radical (unpaired) electrons. The Kier molecular flexibility index (Phi) is 4.38. The van der Waals surface area contributed by atoms with E-state index in [4.69, 9.17) is 14.2 Å². The number of hydrogen-bond acceptors (Lipinski definition) is 4. The van der Waals surface area contributed by atoms with Crippen molar-refractivity contribution in [3.05, 3.63) is 27.7 Å². The standard InChI is InChI=1S/C14H18BrNO3/c15-12-5-10-1-2-19-14(10)11(6-12)7-16-8-13-9-17-3-4-18-13/h5-6,13,16H,1-4,7-9H2. The smallest absolute Gasteiger partial charge is 0.127 e. The van der Waals surface area contributed by atoms with Crippen LogP contribution < -0.4 is 10.1 Å². The largest absolute Gasteiger partial charge is 0.493 e. The van der Waals surface area contributed by atoms with Gasteiger partial charge in [-0.05, 0) is 17.7 Å². The first kappa shape index (κ1) is 13.4. The lowest BCUT2D eigenvalue weighted by atomic mass is 10.1. The quantitative estimate of drug-likeness (QED) is 0.916. The summed E-state index contributed by atoms with van der Waals surface area (Å²) in [6.45, 7) is 4.48. The summed E-state index contributed by atoms with van der Waals surface area (Å²) < 4.78 is 17.8. The Hall–Kier alpha value is -0.620. The zero-order valence-electron chi connectivity index (χ0n) is 10.8. The molecule has 4 nitrogen and oxygen atoms in total. The molecule has 5 heteroatoms. The molecule has 1 fully saturated rings. The molecule has 0 aliphatic carbocycles. The van der Waals surface area contributed by atoms with Crippen molar-refractivity contribution in [3.8, 4) is 5.75 Å². The summed E-state index contributed by atoms with van der Waals surface area (Å²) >= 11 is 3.56. The van der Waals surface area contributed by atoms with Crippen LogP contribution in [0.25, 0.3) is 0 Å². The van der Waals surface area contributed by atoms with Crippen LogP contribution in [0, 0.1) is 0 Å². The van der Waals surface area contributed by atoms with Gasteiger partial charge in [-0.3, -0.25) is 0 Å². The lowest BCUT2D eigenvalue weighted by Gasteiger charge is -2.23. The minimum absolute atomic E-state index is 0.162. The van der Waals surface area contributed by atoms with Crippen LogP contribution in [0.4, 0.5) is 0 Å². The normalized spacial score (nSPS) is 22.1. The van der Waals surface area contributed by atoms with Crippen LogP contribution >= 0.6 is 15.9 Å². The molecular weight excluding hydrogens is 310 g/mol. The Morgan fingerprint density at radius 2 is 2.21 bits per heavy atom. The third-order valence-electron chi connectivity index (χ3n) is 3.40. The third-order valence-corrected chi connectivity index (χ3v) is 3.86. The summed E-state index contributed by atoms with van der Waals surface area (Å²) in [5.41, 5.74) is 2.50. The number of fused-ring (bicyclic) bond motifs is 1. The lowest BCUT2D eigenvalue weighted by molar-refractivity contribution is -0.0864. The van der Waals surface area contributed by atoms with E-state index in [2.05, 4.69) is 33.4 Å². The number of benzene rings is 1. The highest BCUT2D eigenvalue weighted by molar-refractivity contribution is 9.10. The van der Waals surface area contributed by atoms with Crippen LogP contribution in [0.5, 0.6) is 5.75 Å². The summed E-state index contributed by atoms with van der Waals surface area (Å²) in [5.74, 6) is 1.05. The van der Waals surface area contributed by atoms with Crippen molar-refractivity contribution < 1.29 is 14.2 Å². The van der Waals surface area contributed by atoms with Crippen LogP contribution in [0.1, 0.15) is 11.1 Å². The van der Waals surface area contributed by atoms with Crippen molar-refractivity contribution in [2.75, 3.05) is 33.0 Å². The van der Waals surface area contributed by atoms with Gasteiger partial charge < -0.3 is 19.5 Å². The summed E-state index contributed by atoms with van der Waals surface area (Å²) in [6.07, 6.45) is 1.16. The fourth-order valence-electron chi connectivity index (χ4n) is 2.50. The fourth-order valence-corrected chi connectivity index (χ4v) is 3.05.